The summed E-state index contributed by atoms with van der Waals surface area (Å²) in [4.78, 5) is 27.4. The minimum Gasteiger partial charge on any atom is -0.486 e. The van der Waals surface area contributed by atoms with Gasteiger partial charge in [0.2, 0.25) is 21.8 Å². The highest BCUT2D eigenvalue weighted by Gasteiger charge is 2.28. The molecule has 3 rings (SSSR count). The van der Waals surface area contributed by atoms with Crippen molar-refractivity contribution in [1.82, 2.24) is 10.2 Å². The maximum atomic E-state index is 13.3. The van der Waals surface area contributed by atoms with Gasteiger partial charge in [-0.1, -0.05) is 30.7 Å². The van der Waals surface area contributed by atoms with Crippen molar-refractivity contribution in [3.8, 4) is 11.5 Å². The number of nitrogens with zero attached hydrogens (tertiary/aromatic N) is 2. The van der Waals surface area contributed by atoms with E-state index in [9.17, 15) is 18.0 Å². The van der Waals surface area contributed by atoms with Crippen molar-refractivity contribution < 1.29 is 27.5 Å². The predicted octanol–water partition coefficient (Wildman–Crippen LogP) is 3.21. The highest BCUT2D eigenvalue weighted by molar-refractivity contribution is 7.92. The van der Waals surface area contributed by atoms with Crippen LogP contribution in [-0.2, 0) is 26.2 Å². The van der Waals surface area contributed by atoms with E-state index in [0.717, 1.165) is 11.8 Å². The Morgan fingerprint density at radius 1 is 1.08 bits per heavy atom. The van der Waals surface area contributed by atoms with Gasteiger partial charge in [-0.15, -0.1) is 0 Å². The molecule has 0 bridgehead atoms. The first-order valence-electron chi connectivity index (χ1n) is 11.8. The number of rotatable bonds is 11. The summed E-state index contributed by atoms with van der Waals surface area (Å²) in [6, 6.07) is 11.4. The minimum absolute atomic E-state index is 0.0671. The Morgan fingerprint density at radius 3 is 2.36 bits per heavy atom. The number of hydrogen-bond donors (Lipinski definition) is 1. The number of nitrogens with one attached hydrogen (secondary N) is 1. The Hall–Kier alpha value is -2.98. The molecule has 1 unspecified atom stereocenters. The van der Waals surface area contributed by atoms with Crippen LogP contribution in [-0.4, -0.2) is 64.2 Å². The van der Waals surface area contributed by atoms with Crippen LogP contribution in [0.4, 0.5) is 5.69 Å². The lowest BCUT2D eigenvalue weighted by Gasteiger charge is -2.31. The van der Waals surface area contributed by atoms with E-state index in [1.165, 1.54) is 16.3 Å². The molecule has 0 fully saturated rings. The monoisotopic (exact) mass is 537 g/mol. The van der Waals surface area contributed by atoms with Gasteiger partial charge >= 0.3 is 0 Å². The van der Waals surface area contributed by atoms with Gasteiger partial charge in [0.05, 0.1) is 11.9 Å². The van der Waals surface area contributed by atoms with Crippen molar-refractivity contribution in [2.24, 2.45) is 0 Å². The third-order valence-corrected chi connectivity index (χ3v) is 7.31. The number of ether oxygens (including phenoxy) is 2. The fourth-order valence-corrected chi connectivity index (χ4v) is 5.15. The smallest absolute Gasteiger partial charge is 0.242 e. The molecule has 11 heteroatoms. The molecule has 0 aliphatic carbocycles. The van der Waals surface area contributed by atoms with Gasteiger partial charge in [-0.25, -0.2) is 8.42 Å². The SMILES string of the molecule is CCC(C(=O)NC)N(Cc1ccc(Cl)cc1)C(=O)CCCN(c1ccc2c(c1)OCCO2)S(C)(=O)=O. The molecule has 196 valence electrons. The quantitative estimate of drug-likeness (QED) is 0.472. The number of likely N-dealkylation sites (N-methyl/N-ethyl adjacent to an activating group) is 1. The van der Waals surface area contributed by atoms with Crippen molar-refractivity contribution in [3.05, 3.63) is 53.1 Å². The van der Waals surface area contributed by atoms with Gasteiger partial charge in [0.15, 0.2) is 11.5 Å². The molecule has 0 saturated carbocycles. The van der Waals surface area contributed by atoms with Crippen LogP contribution < -0.4 is 19.1 Å². The summed E-state index contributed by atoms with van der Waals surface area (Å²) in [6.45, 7) is 2.99. The number of carbonyl (C=O) groups is 2. The molecule has 2 amide bonds. The van der Waals surface area contributed by atoms with Crippen molar-refractivity contribution in [2.45, 2.75) is 38.8 Å². The Kier molecular flexibility index (Phi) is 9.44. The van der Waals surface area contributed by atoms with E-state index in [1.54, 1.807) is 30.3 Å². The molecule has 1 aliphatic rings. The van der Waals surface area contributed by atoms with Crippen LogP contribution in [0.1, 0.15) is 31.7 Å². The van der Waals surface area contributed by atoms with E-state index in [4.69, 9.17) is 21.1 Å². The molecule has 0 aromatic heterocycles. The molecule has 0 saturated heterocycles. The summed E-state index contributed by atoms with van der Waals surface area (Å²) in [5.41, 5.74) is 1.27. The maximum Gasteiger partial charge on any atom is 0.242 e. The summed E-state index contributed by atoms with van der Waals surface area (Å²) in [5.74, 6) is 0.546. The lowest BCUT2D eigenvalue weighted by atomic mass is 10.1. The average Bonchev–Trinajstić information content (AvgIpc) is 2.86. The van der Waals surface area contributed by atoms with Gasteiger partial charge in [0, 0.05) is 37.6 Å². The van der Waals surface area contributed by atoms with Crippen LogP contribution in [0.25, 0.3) is 0 Å². The van der Waals surface area contributed by atoms with Crippen LogP contribution in [0.5, 0.6) is 11.5 Å². The summed E-state index contributed by atoms with van der Waals surface area (Å²) in [6.07, 6.45) is 1.89. The summed E-state index contributed by atoms with van der Waals surface area (Å²) in [7, 11) is -2.08. The fraction of sp³-hybridized carbons (Fsp3) is 0.440. The second-order valence-corrected chi connectivity index (χ2v) is 10.8. The van der Waals surface area contributed by atoms with Crippen molar-refractivity contribution >= 4 is 39.1 Å². The van der Waals surface area contributed by atoms with Gasteiger partial charge in [0.25, 0.3) is 0 Å². The number of carbonyl (C=O) groups excluding carboxylic acids is 2. The van der Waals surface area contributed by atoms with E-state index in [2.05, 4.69) is 5.32 Å². The molecular weight excluding hydrogens is 506 g/mol. The molecule has 1 N–H and O–H groups in total. The molecule has 0 radical (unpaired) electrons. The Morgan fingerprint density at radius 2 is 1.75 bits per heavy atom. The van der Waals surface area contributed by atoms with E-state index in [1.807, 2.05) is 19.1 Å². The van der Waals surface area contributed by atoms with Gasteiger partial charge < -0.3 is 19.7 Å². The van der Waals surface area contributed by atoms with Crippen molar-refractivity contribution in [2.75, 3.05) is 37.4 Å². The molecule has 0 spiro atoms. The summed E-state index contributed by atoms with van der Waals surface area (Å²) >= 11 is 5.98. The number of anilines is 1. The van der Waals surface area contributed by atoms with E-state index in [-0.39, 0.29) is 37.7 Å². The molecule has 2 aromatic rings. The van der Waals surface area contributed by atoms with E-state index < -0.39 is 16.1 Å². The zero-order valence-electron chi connectivity index (χ0n) is 20.7. The topological polar surface area (TPSA) is 105 Å². The van der Waals surface area contributed by atoms with Gasteiger partial charge in [-0.3, -0.25) is 13.9 Å². The first kappa shape index (κ1) is 27.6. The Labute approximate surface area is 217 Å². The zero-order chi connectivity index (χ0) is 26.3. The lowest BCUT2D eigenvalue weighted by Crippen LogP contribution is -2.48. The highest BCUT2D eigenvalue weighted by atomic mass is 35.5. The van der Waals surface area contributed by atoms with Crippen LogP contribution in [0, 0.1) is 0 Å². The maximum absolute atomic E-state index is 13.3. The number of sulfonamides is 1. The normalized spacial score (nSPS) is 13.6. The van der Waals surface area contributed by atoms with E-state index in [0.29, 0.717) is 41.8 Å². The fourth-order valence-electron chi connectivity index (χ4n) is 4.06. The molecule has 1 atom stereocenters. The third kappa shape index (κ3) is 7.04. The molecule has 1 aliphatic heterocycles. The van der Waals surface area contributed by atoms with Crippen LogP contribution in [0.2, 0.25) is 5.02 Å². The molecule has 9 nitrogen and oxygen atoms in total. The second-order valence-electron chi connectivity index (χ2n) is 8.45. The predicted molar refractivity (Wildman–Crippen MR) is 139 cm³/mol. The molecular formula is C25H32ClN3O6S. The summed E-state index contributed by atoms with van der Waals surface area (Å²) < 4.78 is 37.5. The third-order valence-electron chi connectivity index (χ3n) is 5.86. The van der Waals surface area contributed by atoms with Gasteiger partial charge in [0.1, 0.15) is 19.3 Å². The number of halogens is 1. The number of benzene rings is 2. The number of hydrogen-bond acceptors (Lipinski definition) is 6. The average molecular weight is 538 g/mol. The molecule has 1 heterocycles. The lowest BCUT2D eigenvalue weighted by molar-refractivity contribution is -0.141. The van der Waals surface area contributed by atoms with Gasteiger partial charge in [-0.2, -0.15) is 0 Å². The van der Waals surface area contributed by atoms with Crippen molar-refractivity contribution in [3.63, 3.8) is 0 Å². The first-order valence-corrected chi connectivity index (χ1v) is 14.0. The summed E-state index contributed by atoms with van der Waals surface area (Å²) in [5, 5.41) is 3.20. The Balaban J connectivity index is 1.74. The van der Waals surface area contributed by atoms with Gasteiger partial charge in [-0.05, 0) is 42.7 Å². The second kappa shape index (κ2) is 12.3. The minimum atomic E-state index is -3.62. The number of fused-ring (bicyclic) bond motifs is 1. The van der Waals surface area contributed by atoms with E-state index >= 15 is 0 Å². The Bertz CT molecular complexity index is 1170. The largest absolute Gasteiger partial charge is 0.486 e. The molecule has 36 heavy (non-hydrogen) atoms. The first-order chi connectivity index (χ1) is 17.1. The number of amides is 2. The van der Waals surface area contributed by atoms with Crippen LogP contribution in [0.3, 0.4) is 0 Å². The zero-order valence-corrected chi connectivity index (χ0v) is 22.3. The molecule has 2 aromatic carbocycles. The highest BCUT2D eigenvalue weighted by Crippen LogP contribution is 2.34. The van der Waals surface area contributed by atoms with Crippen LogP contribution in [0.15, 0.2) is 42.5 Å². The standard InChI is InChI=1S/C25H32ClN3O6S/c1-4-21(25(31)27-2)28(17-18-7-9-19(26)10-8-18)24(30)6-5-13-29(36(3,32)33)20-11-12-22-23(16-20)35-15-14-34-22/h7-12,16,21H,4-6,13-15,17H2,1-3H3,(H,27,31). The van der Waals surface area contributed by atoms with Crippen molar-refractivity contribution in [1.29, 1.82) is 0 Å². The van der Waals surface area contributed by atoms with Crippen LogP contribution >= 0.6 is 11.6 Å².